The molecule has 0 aliphatic carbocycles. The summed E-state index contributed by atoms with van der Waals surface area (Å²) in [4.78, 5) is 7.80. The maximum absolute atomic E-state index is 12.7. The Kier molecular flexibility index (Phi) is 3.39. The summed E-state index contributed by atoms with van der Waals surface area (Å²) >= 11 is 5.84. The van der Waals surface area contributed by atoms with E-state index < -0.39 is 0 Å². The van der Waals surface area contributed by atoms with E-state index >= 15 is 0 Å². The molecule has 1 heterocycles. The van der Waals surface area contributed by atoms with E-state index in [0.717, 1.165) is 0 Å². The Morgan fingerprint density at radius 3 is 2.59 bits per heavy atom. The van der Waals surface area contributed by atoms with Gasteiger partial charge in [0.05, 0.1) is 7.11 Å². The van der Waals surface area contributed by atoms with Gasteiger partial charge in [0, 0.05) is 5.69 Å². The molecule has 0 unspecified atom stereocenters. The highest BCUT2D eigenvalue weighted by Crippen LogP contribution is 2.30. The highest BCUT2D eigenvalue weighted by molar-refractivity contribution is 6.31. The van der Waals surface area contributed by atoms with Crippen LogP contribution in [-0.2, 0) is 0 Å². The maximum Gasteiger partial charge on any atom is 0.199 e. The topological polar surface area (TPSA) is 47.0 Å². The molecule has 0 atom stereocenters. The number of nitrogens with zero attached hydrogens (tertiary/aromatic N) is 2. The van der Waals surface area contributed by atoms with Crippen molar-refractivity contribution in [2.75, 3.05) is 12.4 Å². The lowest BCUT2D eigenvalue weighted by molar-refractivity contribution is 0.413. The molecule has 0 spiro atoms. The molecule has 0 aliphatic heterocycles. The van der Waals surface area contributed by atoms with E-state index in [-0.39, 0.29) is 11.0 Å². The predicted molar refractivity (Wildman–Crippen MR) is 63.3 cm³/mol. The summed E-state index contributed by atoms with van der Waals surface area (Å²) in [5, 5.41) is 3.18. The predicted octanol–water partition coefficient (Wildman–Crippen LogP) is 3.02. The molecule has 0 aliphatic rings. The lowest BCUT2D eigenvalue weighted by Gasteiger charge is -2.10. The summed E-state index contributed by atoms with van der Waals surface area (Å²) in [5.41, 5.74) is 0.680. The van der Waals surface area contributed by atoms with E-state index in [4.69, 9.17) is 16.3 Å². The zero-order valence-electron chi connectivity index (χ0n) is 8.95. The Labute approximate surface area is 102 Å². The molecule has 6 heteroatoms. The Hall–Kier alpha value is -1.88. The van der Waals surface area contributed by atoms with Gasteiger partial charge < -0.3 is 10.1 Å². The van der Waals surface area contributed by atoms with E-state index in [1.54, 1.807) is 12.1 Å². The average Bonchev–Trinajstić information content (AvgIpc) is 2.32. The molecule has 0 radical (unpaired) electrons. The smallest absolute Gasteiger partial charge is 0.199 e. The van der Waals surface area contributed by atoms with Crippen LogP contribution in [-0.4, -0.2) is 17.1 Å². The molecule has 1 aromatic heterocycles. The van der Waals surface area contributed by atoms with Crippen LogP contribution in [0.3, 0.4) is 0 Å². The fourth-order valence-electron chi connectivity index (χ4n) is 1.29. The van der Waals surface area contributed by atoms with Crippen LogP contribution in [0, 0.1) is 5.82 Å². The second kappa shape index (κ2) is 4.97. The fraction of sp³-hybridized carbons (Fsp3) is 0.0909. The standard InChI is InChI=1S/C11H9ClFN3O/c1-17-9-10(12)14-6-15-11(9)16-8-4-2-7(13)3-5-8/h2-6H,1H3,(H,14,15,16). The van der Waals surface area contributed by atoms with Crippen LogP contribution in [0.25, 0.3) is 0 Å². The molecule has 4 nitrogen and oxygen atoms in total. The van der Waals surface area contributed by atoms with Gasteiger partial charge in [0.1, 0.15) is 12.1 Å². The molecule has 0 saturated carbocycles. The largest absolute Gasteiger partial charge is 0.490 e. The summed E-state index contributed by atoms with van der Waals surface area (Å²) < 4.78 is 17.8. The SMILES string of the molecule is COc1c(Cl)ncnc1Nc1ccc(F)cc1. The van der Waals surface area contributed by atoms with Crippen molar-refractivity contribution in [2.45, 2.75) is 0 Å². The van der Waals surface area contributed by atoms with Crippen LogP contribution in [0.4, 0.5) is 15.9 Å². The number of ether oxygens (including phenoxy) is 1. The van der Waals surface area contributed by atoms with Crippen molar-refractivity contribution in [1.82, 2.24) is 9.97 Å². The van der Waals surface area contributed by atoms with Crippen LogP contribution in [0.2, 0.25) is 5.15 Å². The molecule has 17 heavy (non-hydrogen) atoms. The first-order chi connectivity index (χ1) is 8.20. The summed E-state index contributed by atoms with van der Waals surface area (Å²) in [6, 6.07) is 5.87. The third-order valence-corrected chi connectivity index (χ3v) is 2.34. The van der Waals surface area contributed by atoms with Gasteiger partial charge >= 0.3 is 0 Å². The maximum atomic E-state index is 12.7. The molecule has 0 amide bonds. The van der Waals surface area contributed by atoms with Crippen LogP contribution < -0.4 is 10.1 Å². The van der Waals surface area contributed by atoms with Crippen molar-refractivity contribution >= 4 is 23.1 Å². The first-order valence-corrected chi connectivity index (χ1v) is 5.15. The highest BCUT2D eigenvalue weighted by atomic mass is 35.5. The second-order valence-corrected chi connectivity index (χ2v) is 3.54. The molecule has 0 bridgehead atoms. The summed E-state index contributed by atoms with van der Waals surface area (Å²) in [5.74, 6) is 0.473. The number of benzene rings is 1. The minimum atomic E-state index is -0.303. The summed E-state index contributed by atoms with van der Waals surface area (Å²) in [7, 11) is 1.47. The molecule has 1 aromatic carbocycles. The zero-order valence-corrected chi connectivity index (χ0v) is 9.70. The number of aromatic nitrogens is 2. The minimum absolute atomic E-state index is 0.215. The van der Waals surface area contributed by atoms with Gasteiger partial charge in [0.2, 0.25) is 0 Å². The first-order valence-electron chi connectivity index (χ1n) is 4.78. The third kappa shape index (κ3) is 2.62. The molecule has 2 aromatic rings. The Morgan fingerprint density at radius 2 is 1.94 bits per heavy atom. The number of hydrogen-bond donors (Lipinski definition) is 1. The number of halogens is 2. The number of anilines is 2. The van der Waals surface area contributed by atoms with Gasteiger partial charge in [-0.15, -0.1) is 0 Å². The van der Waals surface area contributed by atoms with Crippen molar-refractivity contribution in [3.8, 4) is 5.75 Å². The van der Waals surface area contributed by atoms with Crippen LogP contribution in [0.5, 0.6) is 5.75 Å². The van der Waals surface area contributed by atoms with Gasteiger partial charge in [-0.3, -0.25) is 0 Å². The summed E-state index contributed by atoms with van der Waals surface area (Å²) in [6.07, 6.45) is 1.32. The van der Waals surface area contributed by atoms with E-state index in [1.807, 2.05) is 0 Å². The van der Waals surface area contributed by atoms with Crippen molar-refractivity contribution in [3.63, 3.8) is 0 Å². The monoisotopic (exact) mass is 253 g/mol. The van der Waals surface area contributed by atoms with Crippen molar-refractivity contribution < 1.29 is 9.13 Å². The van der Waals surface area contributed by atoms with Gasteiger partial charge in [-0.25, -0.2) is 14.4 Å². The van der Waals surface area contributed by atoms with Gasteiger partial charge in [0.15, 0.2) is 16.7 Å². The van der Waals surface area contributed by atoms with E-state index in [9.17, 15) is 4.39 Å². The third-order valence-electron chi connectivity index (χ3n) is 2.07. The zero-order chi connectivity index (χ0) is 12.3. The number of rotatable bonds is 3. The first kappa shape index (κ1) is 11.6. The van der Waals surface area contributed by atoms with Gasteiger partial charge in [0.25, 0.3) is 0 Å². The number of methoxy groups -OCH3 is 1. The average molecular weight is 254 g/mol. The van der Waals surface area contributed by atoms with Crippen molar-refractivity contribution in [3.05, 3.63) is 41.6 Å². The quantitative estimate of drug-likeness (QED) is 0.854. The van der Waals surface area contributed by atoms with Crippen LogP contribution in [0.15, 0.2) is 30.6 Å². The van der Waals surface area contributed by atoms with Gasteiger partial charge in [-0.1, -0.05) is 11.6 Å². The fourth-order valence-corrected chi connectivity index (χ4v) is 1.50. The minimum Gasteiger partial charge on any atom is -0.490 e. The molecule has 88 valence electrons. The highest BCUT2D eigenvalue weighted by Gasteiger charge is 2.10. The molecular weight excluding hydrogens is 245 g/mol. The normalized spacial score (nSPS) is 10.1. The van der Waals surface area contributed by atoms with Crippen molar-refractivity contribution in [2.24, 2.45) is 0 Å². The Bertz CT molecular complexity index is 519. The molecule has 0 fully saturated rings. The lowest BCUT2D eigenvalue weighted by Crippen LogP contribution is -1.99. The Morgan fingerprint density at radius 1 is 1.24 bits per heavy atom. The lowest BCUT2D eigenvalue weighted by atomic mass is 10.3. The second-order valence-electron chi connectivity index (χ2n) is 3.18. The number of hydrogen-bond acceptors (Lipinski definition) is 4. The molecule has 2 rings (SSSR count). The number of nitrogens with one attached hydrogen (secondary N) is 1. The molecular formula is C11H9ClFN3O. The van der Waals surface area contributed by atoms with Gasteiger partial charge in [-0.05, 0) is 24.3 Å². The van der Waals surface area contributed by atoms with E-state index in [0.29, 0.717) is 17.3 Å². The molecule has 1 N–H and O–H groups in total. The summed E-state index contributed by atoms with van der Waals surface area (Å²) in [6.45, 7) is 0. The van der Waals surface area contributed by atoms with Crippen LogP contribution in [0.1, 0.15) is 0 Å². The van der Waals surface area contributed by atoms with Crippen LogP contribution >= 0.6 is 11.6 Å². The van der Waals surface area contributed by atoms with Gasteiger partial charge in [-0.2, -0.15) is 0 Å². The van der Waals surface area contributed by atoms with E-state index in [2.05, 4.69) is 15.3 Å². The molecule has 0 saturated heterocycles. The van der Waals surface area contributed by atoms with E-state index in [1.165, 1.54) is 25.6 Å². The Balaban J connectivity index is 2.29. The van der Waals surface area contributed by atoms with Crippen molar-refractivity contribution in [1.29, 1.82) is 0 Å².